The van der Waals surface area contributed by atoms with Crippen molar-refractivity contribution in [2.75, 3.05) is 5.73 Å². The minimum absolute atomic E-state index is 0.0123. The van der Waals surface area contributed by atoms with Crippen LogP contribution in [-0.4, -0.2) is 24.7 Å². The molecule has 0 saturated heterocycles. The van der Waals surface area contributed by atoms with E-state index in [1.807, 2.05) is 0 Å². The Balaban J connectivity index is 2.88. The topological polar surface area (TPSA) is 89.3 Å². The number of rotatable bonds is 0. The zero-order valence-electron chi connectivity index (χ0n) is 6.39. The van der Waals surface area contributed by atoms with Crippen molar-refractivity contribution in [1.29, 1.82) is 0 Å². The van der Waals surface area contributed by atoms with E-state index in [1.165, 1.54) is 10.6 Å². The highest BCUT2D eigenvalue weighted by molar-refractivity contribution is 5.37. The summed E-state index contributed by atoms with van der Waals surface area (Å²) in [5, 5.41) is 13.1. The second-order valence-corrected chi connectivity index (χ2v) is 2.44. The summed E-state index contributed by atoms with van der Waals surface area (Å²) in [4.78, 5) is 7.80. The Morgan fingerprint density at radius 2 is 2.25 bits per heavy atom. The highest BCUT2D eigenvalue weighted by Crippen LogP contribution is 2.11. The molecule has 0 spiro atoms. The second-order valence-electron chi connectivity index (χ2n) is 2.44. The summed E-state index contributed by atoms with van der Waals surface area (Å²) in [7, 11) is 0. The fraction of sp³-hybridized carbons (Fsp3) is 0.167. The van der Waals surface area contributed by atoms with Gasteiger partial charge in [-0.1, -0.05) is 0 Å². The van der Waals surface area contributed by atoms with Crippen LogP contribution in [0.3, 0.4) is 0 Å². The Bertz CT molecular complexity index is 435. The van der Waals surface area contributed by atoms with Gasteiger partial charge in [0.1, 0.15) is 0 Å². The quantitative estimate of drug-likeness (QED) is 0.560. The van der Waals surface area contributed by atoms with Crippen LogP contribution >= 0.6 is 0 Å². The van der Waals surface area contributed by atoms with Gasteiger partial charge in [0.25, 0.3) is 5.78 Å². The number of hydrogen-bond acceptors (Lipinski definition) is 5. The van der Waals surface area contributed by atoms with Gasteiger partial charge in [-0.2, -0.15) is 9.50 Å². The maximum Gasteiger partial charge on any atom is 0.257 e. The predicted octanol–water partition coefficient (Wildman–Crippen LogP) is -0.279. The molecule has 6 heteroatoms. The zero-order chi connectivity index (χ0) is 8.72. The van der Waals surface area contributed by atoms with E-state index in [4.69, 9.17) is 5.73 Å². The van der Waals surface area contributed by atoms with Crippen LogP contribution in [0, 0.1) is 6.92 Å². The molecular weight excluding hydrogens is 158 g/mol. The molecule has 0 amide bonds. The first-order chi connectivity index (χ1) is 5.66. The van der Waals surface area contributed by atoms with Crippen LogP contribution in [-0.2, 0) is 0 Å². The van der Waals surface area contributed by atoms with Gasteiger partial charge in [-0.05, 0) is 6.92 Å². The van der Waals surface area contributed by atoms with E-state index in [1.54, 1.807) is 6.92 Å². The Kier molecular flexibility index (Phi) is 1.18. The maximum atomic E-state index is 9.33. The molecule has 2 aromatic heterocycles. The summed E-state index contributed by atoms with van der Waals surface area (Å²) in [5.74, 6) is 0.398. The number of nitrogen functional groups attached to an aromatic ring is 1. The summed E-state index contributed by atoms with van der Waals surface area (Å²) in [6, 6.07) is 1.49. The molecule has 3 N–H and O–H groups in total. The zero-order valence-corrected chi connectivity index (χ0v) is 6.39. The van der Waals surface area contributed by atoms with Crippen LogP contribution in [0.5, 0.6) is 5.88 Å². The number of aromatic hydroxyl groups is 1. The summed E-state index contributed by atoms with van der Waals surface area (Å²) in [6.45, 7) is 1.75. The third kappa shape index (κ3) is 0.849. The molecule has 2 heterocycles. The summed E-state index contributed by atoms with van der Waals surface area (Å²) in [6.07, 6.45) is 0. The normalized spacial score (nSPS) is 10.8. The van der Waals surface area contributed by atoms with E-state index in [-0.39, 0.29) is 11.8 Å². The monoisotopic (exact) mass is 165 g/mol. The number of nitrogens with two attached hydrogens (primary N) is 1. The molecule has 0 radical (unpaired) electrons. The van der Waals surface area contributed by atoms with Gasteiger partial charge >= 0.3 is 0 Å². The highest BCUT2D eigenvalue weighted by Gasteiger charge is 2.05. The largest absolute Gasteiger partial charge is 0.493 e. The number of aryl methyl sites for hydroxylation is 1. The Labute approximate surface area is 67.7 Å². The lowest BCUT2D eigenvalue weighted by Crippen LogP contribution is -1.93. The van der Waals surface area contributed by atoms with Gasteiger partial charge in [0.05, 0.1) is 0 Å². The van der Waals surface area contributed by atoms with Crippen LogP contribution < -0.4 is 5.73 Å². The molecule has 0 unspecified atom stereocenters. The molecule has 0 saturated carbocycles. The Morgan fingerprint density at radius 3 is 3.00 bits per heavy atom. The van der Waals surface area contributed by atoms with Gasteiger partial charge in [-0.25, -0.2) is 4.98 Å². The lowest BCUT2D eigenvalue weighted by atomic mass is 10.4. The van der Waals surface area contributed by atoms with Crippen molar-refractivity contribution in [3.63, 3.8) is 0 Å². The van der Waals surface area contributed by atoms with Crippen LogP contribution in [0.4, 0.5) is 5.95 Å². The van der Waals surface area contributed by atoms with Crippen molar-refractivity contribution in [1.82, 2.24) is 19.6 Å². The number of aromatic nitrogens is 4. The van der Waals surface area contributed by atoms with Gasteiger partial charge in [0.2, 0.25) is 11.8 Å². The smallest absolute Gasteiger partial charge is 0.257 e. The van der Waals surface area contributed by atoms with E-state index in [2.05, 4.69) is 15.1 Å². The second kappa shape index (κ2) is 2.07. The first-order valence-corrected chi connectivity index (χ1v) is 3.35. The number of anilines is 1. The molecule has 0 fully saturated rings. The van der Waals surface area contributed by atoms with Gasteiger partial charge in [-0.3, -0.25) is 0 Å². The minimum Gasteiger partial charge on any atom is -0.493 e. The summed E-state index contributed by atoms with van der Waals surface area (Å²) >= 11 is 0. The van der Waals surface area contributed by atoms with Crippen molar-refractivity contribution in [3.8, 4) is 5.88 Å². The lowest BCUT2D eigenvalue weighted by Gasteiger charge is -1.95. The van der Waals surface area contributed by atoms with Crippen molar-refractivity contribution in [3.05, 3.63) is 11.8 Å². The first kappa shape index (κ1) is 6.84. The van der Waals surface area contributed by atoms with Crippen molar-refractivity contribution >= 4 is 11.7 Å². The third-order valence-electron chi connectivity index (χ3n) is 1.44. The molecule has 2 rings (SSSR count). The van der Waals surface area contributed by atoms with E-state index >= 15 is 0 Å². The molecule has 6 nitrogen and oxygen atoms in total. The molecule has 0 aliphatic rings. The van der Waals surface area contributed by atoms with E-state index in [0.29, 0.717) is 11.5 Å². The van der Waals surface area contributed by atoms with E-state index in [9.17, 15) is 5.11 Å². The molecule has 0 aromatic carbocycles. The molecule has 2 aromatic rings. The number of nitrogens with zero attached hydrogens (tertiary/aromatic N) is 4. The summed E-state index contributed by atoms with van der Waals surface area (Å²) < 4.78 is 1.18. The molecule has 0 aliphatic carbocycles. The van der Waals surface area contributed by atoms with Gasteiger partial charge < -0.3 is 10.8 Å². The molecule has 0 atom stereocenters. The Morgan fingerprint density at radius 1 is 1.50 bits per heavy atom. The van der Waals surface area contributed by atoms with E-state index in [0.717, 1.165) is 0 Å². The van der Waals surface area contributed by atoms with Gasteiger partial charge in [0.15, 0.2) is 0 Å². The molecule has 62 valence electrons. The lowest BCUT2D eigenvalue weighted by molar-refractivity contribution is 0.434. The fourth-order valence-corrected chi connectivity index (χ4v) is 0.983. The molecule has 12 heavy (non-hydrogen) atoms. The average molecular weight is 165 g/mol. The highest BCUT2D eigenvalue weighted by atomic mass is 16.3. The number of fused-ring (bicyclic) bond motifs is 1. The predicted molar refractivity (Wildman–Crippen MR) is 41.6 cm³/mol. The summed E-state index contributed by atoms with van der Waals surface area (Å²) in [5.41, 5.74) is 5.99. The van der Waals surface area contributed by atoms with Crippen molar-refractivity contribution in [2.24, 2.45) is 0 Å². The van der Waals surface area contributed by atoms with Crippen molar-refractivity contribution < 1.29 is 5.11 Å². The molecule has 0 aliphatic heterocycles. The van der Waals surface area contributed by atoms with Gasteiger partial charge in [-0.15, -0.1) is 5.10 Å². The van der Waals surface area contributed by atoms with E-state index < -0.39 is 0 Å². The molecule has 0 bridgehead atoms. The number of hydrogen-bond donors (Lipinski definition) is 2. The molecular formula is C6H7N5O. The first-order valence-electron chi connectivity index (χ1n) is 3.35. The average Bonchev–Trinajstić information content (AvgIpc) is 2.29. The van der Waals surface area contributed by atoms with Crippen LogP contribution in [0.2, 0.25) is 0 Å². The third-order valence-corrected chi connectivity index (χ3v) is 1.44. The maximum absolute atomic E-state index is 9.33. The standard InChI is InChI=1S/C6H7N5O/c1-3-2-4(12)11-6(8-3)9-5(7)10-11/h2,12H,1H3,(H2,7,10). The minimum atomic E-state index is -0.0123. The fourth-order valence-electron chi connectivity index (χ4n) is 0.983. The van der Waals surface area contributed by atoms with Crippen molar-refractivity contribution in [2.45, 2.75) is 6.92 Å². The van der Waals surface area contributed by atoms with Crippen LogP contribution in [0.1, 0.15) is 5.69 Å². The van der Waals surface area contributed by atoms with Crippen LogP contribution in [0.15, 0.2) is 6.07 Å². The SMILES string of the molecule is Cc1cc(O)n2nc(N)nc2n1. The Hall–Kier alpha value is -1.85. The van der Waals surface area contributed by atoms with Crippen LogP contribution in [0.25, 0.3) is 5.78 Å². The van der Waals surface area contributed by atoms with Gasteiger partial charge in [0, 0.05) is 11.8 Å².